The van der Waals surface area contributed by atoms with Crippen molar-refractivity contribution in [3.05, 3.63) is 72.1 Å². The smallest absolute Gasteiger partial charge is 0.138 e. The number of imidazole rings is 1. The number of nitrogens with zero attached hydrogens (tertiary/aromatic N) is 5. The first kappa shape index (κ1) is 19.8. The summed E-state index contributed by atoms with van der Waals surface area (Å²) in [6.45, 7) is 4.29. The van der Waals surface area contributed by atoms with Crippen LogP contribution >= 0.6 is 0 Å². The molecule has 1 fully saturated rings. The largest absolute Gasteiger partial charge is 0.306 e. The molecule has 0 unspecified atom stereocenters. The van der Waals surface area contributed by atoms with Crippen molar-refractivity contribution in [3.63, 3.8) is 0 Å². The van der Waals surface area contributed by atoms with E-state index < -0.39 is 0 Å². The molecule has 0 radical (unpaired) electrons. The summed E-state index contributed by atoms with van der Waals surface area (Å²) < 4.78 is 15.7. The molecule has 1 aliphatic rings. The molecule has 0 bridgehead atoms. The fourth-order valence-electron chi connectivity index (χ4n) is 4.41. The summed E-state index contributed by atoms with van der Waals surface area (Å²) in [4.78, 5) is 16.5. The highest BCUT2D eigenvalue weighted by atomic mass is 19.1. The summed E-state index contributed by atoms with van der Waals surface area (Å²) in [5, 5.41) is 0. The van der Waals surface area contributed by atoms with Crippen molar-refractivity contribution in [1.82, 2.24) is 24.3 Å². The lowest BCUT2D eigenvalue weighted by molar-refractivity contribution is 0.255. The van der Waals surface area contributed by atoms with Crippen LogP contribution in [0.2, 0.25) is 0 Å². The minimum atomic E-state index is -0.256. The lowest BCUT2D eigenvalue weighted by atomic mass is 9.90. The Labute approximate surface area is 181 Å². The van der Waals surface area contributed by atoms with Crippen LogP contribution < -0.4 is 0 Å². The van der Waals surface area contributed by atoms with Gasteiger partial charge in [0.2, 0.25) is 0 Å². The Balaban J connectivity index is 1.66. The lowest BCUT2D eigenvalue weighted by Gasteiger charge is -2.29. The van der Waals surface area contributed by atoms with E-state index in [4.69, 9.17) is 9.97 Å². The lowest BCUT2D eigenvalue weighted by Crippen LogP contribution is -2.29. The van der Waals surface area contributed by atoms with Gasteiger partial charge < -0.3 is 4.90 Å². The molecule has 1 saturated heterocycles. The zero-order valence-electron chi connectivity index (χ0n) is 17.9. The Morgan fingerprint density at radius 1 is 1.03 bits per heavy atom. The maximum atomic E-state index is 13.6. The molecule has 4 heterocycles. The second-order valence-corrected chi connectivity index (χ2v) is 8.29. The van der Waals surface area contributed by atoms with Crippen molar-refractivity contribution in [2.45, 2.75) is 32.1 Å². The van der Waals surface area contributed by atoms with Gasteiger partial charge in [-0.1, -0.05) is 6.92 Å². The Hall–Kier alpha value is -3.12. The highest BCUT2D eigenvalue weighted by Gasteiger charge is 2.22. The summed E-state index contributed by atoms with van der Waals surface area (Å²) in [5.41, 5.74) is 5.64. The third-order valence-corrected chi connectivity index (χ3v) is 6.22. The molecule has 4 aromatic rings. The van der Waals surface area contributed by atoms with E-state index >= 15 is 0 Å². The molecule has 5 nitrogen and oxygen atoms in total. The summed E-state index contributed by atoms with van der Waals surface area (Å²) in [6.07, 6.45) is 6.98. The second-order valence-electron chi connectivity index (χ2n) is 8.29. The van der Waals surface area contributed by atoms with Gasteiger partial charge in [-0.15, -0.1) is 0 Å². The van der Waals surface area contributed by atoms with Crippen LogP contribution in [0.25, 0.3) is 28.3 Å². The van der Waals surface area contributed by atoms with Crippen molar-refractivity contribution < 1.29 is 4.39 Å². The maximum Gasteiger partial charge on any atom is 0.138 e. The predicted octanol–water partition coefficient (Wildman–Crippen LogP) is 4.97. The van der Waals surface area contributed by atoms with Gasteiger partial charge in [0.15, 0.2) is 0 Å². The molecule has 0 N–H and O–H groups in total. The van der Waals surface area contributed by atoms with E-state index in [1.54, 1.807) is 18.3 Å². The number of hydrogen-bond donors (Lipinski definition) is 0. The zero-order valence-corrected chi connectivity index (χ0v) is 17.9. The Morgan fingerprint density at radius 3 is 2.55 bits per heavy atom. The van der Waals surface area contributed by atoms with Crippen LogP contribution in [0.15, 0.2) is 54.9 Å². The van der Waals surface area contributed by atoms with E-state index in [0.29, 0.717) is 5.92 Å². The number of hydrogen-bond acceptors (Lipinski definition) is 4. The molecular formula is C25H26FN5. The van der Waals surface area contributed by atoms with Gasteiger partial charge in [-0.25, -0.2) is 19.3 Å². The van der Waals surface area contributed by atoms with Gasteiger partial charge in [-0.2, -0.15) is 0 Å². The van der Waals surface area contributed by atoms with Crippen LogP contribution in [-0.4, -0.2) is 44.4 Å². The first-order valence-electron chi connectivity index (χ1n) is 10.9. The summed E-state index contributed by atoms with van der Waals surface area (Å²) >= 11 is 0. The quantitative estimate of drug-likeness (QED) is 0.472. The number of rotatable bonds is 4. The van der Waals surface area contributed by atoms with Crippen LogP contribution in [0.4, 0.5) is 4.39 Å². The summed E-state index contributed by atoms with van der Waals surface area (Å²) in [5.74, 6) is 1.09. The van der Waals surface area contributed by atoms with Crippen molar-refractivity contribution in [1.29, 1.82) is 0 Å². The minimum absolute atomic E-state index is 0.256. The average molecular weight is 416 g/mol. The van der Waals surface area contributed by atoms with Crippen molar-refractivity contribution >= 4 is 5.65 Å². The highest BCUT2D eigenvalue weighted by Crippen LogP contribution is 2.34. The second kappa shape index (κ2) is 8.19. The standard InChI is InChI=1S/C25H26FN5/c1-3-22-27-12-8-21(28-22)25-24(18-4-6-20(26)7-5-18)29-23-16-19(11-15-31(23)25)17-9-13-30(2)14-10-17/h4-8,11-12,15-17H,3,9-10,13-14H2,1-2H3. The van der Waals surface area contributed by atoms with Crippen LogP contribution in [0.5, 0.6) is 0 Å². The van der Waals surface area contributed by atoms with Crippen LogP contribution in [0.3, 0.4) is 0 Å². The molecular weight excluding hydrogens is 389 g/mol. The number of aromatic nitrogens is 4. The van der Waals surface area contributed by atoms with Crippen molar-refractivity contribution in [3.8, 4) is 22.6 Å². The third kappa shape index (κ3) is 3.83. The average Bonchev–Trinajstić information content (AvgIpc) is 3.19. The molecule has 0 amide bonds. The fraction of sp³-hybridized carbons (Fsp3) is 0.320. The molecule has 1 aliphatic heterocycles. The number of aryl methyl sites for hydroxylation is 1. The van der Waals surface area contributed by atoms with E-state index in [1.807, 2.05) is 13.0 Å². The van der Waals surface area contributed by atoms with E-state index in [0.717, 1.165) is 66.5 Å². The summed E-state index contributed by atoms with van der Waals surface area (Å²) in [7, 11) is 2.18. The third-order valence-electron chi connectivity index (χ3n) is 6.22. The van der Waals surface area contributed by atoms with E-state index in [-0.39, 0.29) is 5.82 Å². The number of likely N-dealkylation sites (tertiary alicyclic amines) is 1. The van der Waals surface area contributed by atoms with Gasteiger partial charge in [0, 0.05) is 24.4 Å². The molecule has 0 atom stereocenters. The van der Waals surface area contributed by atoms with Gasteiger partial charge >= 0.3 is 0 Å². The number of fused-ring (bicyclic) bond motifs is 1. The van der Waals surface area contributed by atoms with Gasteiger partial charge in [-0.3, -0.25) is 4.40 Å². The monoisotopic (exact) mass is 415 g/mol. The van der Waals surface area contributed by atoms with E-state index in [9.17, 15) is 4.39 Å². The van der Waals surface area contributed by atoms with Gasteiger partial charge in [-0.05, 0) is 86.9 Å². The van der Waals surface area contributed by atoms with E-state index in [2.05, 4.69) is 39.7 Å². The minimum Gasteiger partial charge on any atom is -0.306 e. The van der Waals surface area contributed by atoms with Crippen LogP contribution in [0.1, 0.15) is 37.1 Å². The number of pyridine rings is 1. The van der Waals surface area contributed by atoms with Gasteiger partial charge in [0.05, 0.1) is 17.1 Å². The SMILES string of the molecule is CCc1nccc(-c2c(-c3ccc(F)cc3)nc3cc(C4CCN(C)CC4)ccn23)n1. The predicted molar refractivity (Wildman–Crippen MR) is 120 cm³/mol. The van der Waals surface area contributed by atoms with Gasteiger partial charge in [0.1, 0.15) is 17.3 Å². The van der Waals surface area contributed by atoms with Gasteiger partial charge in [0.25, 0.3) is 0 Å². The molecule has 6 heteroatoms. The molecule has 0 saturated carbocycles. The van der Waals surface area contributed by atoms with Crippen LogP contribution in [-0.2, 0) is 6.42 Å². The van der Waals surface area contributed by atoms with Crippen molar-refractivity contribution in [2.75, 3.05) is 20.1 Å². The first-order chi connectivity index (χ1) is 15.1. The summed E-state index contributed by atoms with van der Waals surface area (Å²) in [6, 6.07) is 12.8. The Kier molecular flexibility index (Phi) is 5.24. The van der Waals surface area contributed by atoms with Crippen molar-refractivity contribution in [2.24, 2.45) is 0 Å². The molecule has 5 rings (SSSR count). The number of piperidine rings is 1. The Bertz CT molecular complexity index is 1210. The Morgan fingerprint density at radius 2 is 1.81 bits per heavy atom. The number of halogens is 1. The molecule has 31 heavy (non-hydrogen) atoms. The molecule has 3 aromatic heterocycles. The fourth-order valence-corrected chi connectivity index (χ4v) is 4.41. The molecule has 1 aromatic carbocycles. The van der Waals surface area contributed by atoms with E-state index in [1.165, 1.54) is 17.7 Å². The number of benzene rings is 1. The molecule has 0 aliphatic carbocycles. The zero-order chi connectivity index (χ0) is 21.4. The van der Waals surface area contributed by atoms with Crippen LogP contribution in [0, 0.1) is 5.82 Å². The topological polar surface area (TPSA) is 46.3 Å². The molecule has 0 spiro atoms. The normalized spacial score (nSPS) is 15.6. The maximum absolute atomic E-state index is 13.6. The first-order valence-corrected chi connectivity index (χ1v) is 10.9. The molecule has 158 valence electrons. The highest BCUT2D eigenvalue weighted by molar-refractivity contribution is 5.80.